The van der Waals surface area contributed by atoms with E-state index in [4.69, 9.17) is 11.5 Å². The minimum absolute atomic E-state index is 0.0386. The topological polar surface area (TPSA) is 64.1 Å². The van der Waals surface area contributed by atoms with Crippen LogP contribution in [0.2, 0.25) is 0 Å². The number of hydrogen-bond donors (Lipinski definition) is 3. The first kappa shape index (κ1) is 24.1. The first-order chi connectivity index (χ1) is 15.3. The second kappa shape index (κ2) is 11.3. The predicted molar refractivity (Wildman–Crippen MR) is 129 cm³/mol. The first-order valence-corrected chi connectivity index (χ1v) is 11.2. The van der Waals surface area contributed by atoms with Crippen LogP contribution in [0.15, 0.2) is 66.7 Å². The van der Waals surface area contributed by atoms with Gasteiger partial charge in [0.25, 0.3) is 0 Å². The molecule has 3 aromatic rings. The van der Waals surface area contributed by atoms with Crippen LogP contribution in [0.3, 0.4) is 0 Å². The van der Waals surface area contributed by atoms with Crippen molar-refractivity contribution in [1.82, 2.24) is 5.32 Å². The second-order valence-electron chi connectivity index (χ2n) is 8.81. The van der Waals surface area contributed by atoms with Crippen LogP contribution in [-0.4, -0.2) is 18.6 Å². The van der Waals surface area contributed by atoms with Gasteiger partial charge in [0, 0.05) is 25.2 Å². The molecule has 0 aromatic heterocycles. The van der Waals surface area contributed by atoms with Crippen molar-refractivity contribution in [2.45, 2.75) is 45.3 Å². The Kier molecular flexibility index (Phi) is 8.51. The van der Waals surface area contributed by atoms with Crippen LogP contribution in [0.4, 0.5) is 8.78 Å². The fraction of sp³-hybridized carbons (Fsp3) is 0.333. The summed E-state index contributed by atoms with van der Waals surface area (Å²) in [5.41, 5.74) is 17.3. The Morgan fingerprint density at radius 2 is 1.22 bits per heavy atom. The largest absolute Gasteiger partial charge is 0.327 e. The maximum absolute atomic E-state index is 13.4. The predicted octanol–water partition coefficient (Wildman–Crippen LogP) is 5.48. The van der Waals surface area contributed by atoms with E-state index in [-0.39, 0.29) is 23.7 Å². The molecule has 0 radical (unpaired) electrons. The zero-order valence-corrected chi connectivity index (χ0v) is 18.8. The van der Waals surface area contributed by atoms with Gasteiger partial charge in [0.2, 0.25) is 0 Å². The molecule has 0 heterocycles. The molecule has 3 aromatic carbocycles. The molecule has 0 aliphatic rings. The molecule has 0 saturated carbocycles. The third-order valence-electron chi connectivity index (χ3n) is 5.81. The molecule has 5 heteroatoms. The van der Waals surface area contributed by atoms with Gasteiger partial charge >= 0.3 is 0 Å². The molecular formula is C27H33F2N3. The fourth-order valence-corrected chi connectivity index (χ4v) is 3.66. The molecule has 0 fully saturated rings. The summed E-state index contributed by atoms with van der Waals surface area (Å²) < 4.78 is 26.8. The van der Waals surface area contributed by atoms with Crippen LogP contribution < -0.4 is 16.8 Å². The van der Waals surface area contributed by atoms with Gasteiger partial charge in [-0.2, -0.15) is 0 Å². The average molecular weight is 438 g/mol. The van der Waals surface area contributed by atoms with E-state index >= 15 is 0 Å². The van der Waals surface area contributed by atoms with Crippen molar-refractivity contribution in [1.29, 1.82) is 0 Å². The molecule has 0 bridgehead atoms. The van der Waals surface area contributed by atoms with Gasteiger partial charge in [0.05, 0.1) is 0 Å². The summed E-state index contributed by atoms with van der Waals surface area (Å²) in [6.45, 7) is 5.59. The van der Waals surface area contributed by atoms with E-state index in [2.05, 4.69) is 31.3 Å². The molecule has 0 saturated heterocycles. The van der Waals surface area contributed by atoms with Crippen LogP contribution >= 0.6 is 0 Å². The van der Waals surface area contributed by atoms with Crippen molar-refractivity contribution in [3.8, 4) is 22.3 Å². The molecule has 0 spiro atoms. The second-order valence-corrected chi connectivity index (χ2v) is 8.81. The Morgan fingerprint density at radius 1 is 0.719 bits per heavy atom. The smallest absolute Gasteiger partial charge is 0.123 e. The molecule has 1 unspecified atom stereocenters. The summed E-state index contributed by atoms with van der Waals surface area (Å²) in [5.74, 6) is -0.0813. The monoisotopic (exact) mass is 437 g/mol. The fourth-order valence-electron chi connectivity index (χ4n) is 3.66. The van der Waals surface area contributed by atoms with Gasteiger partial charge in [-0.25, -0.2) is 8.78 Å². The summed E-state index contributed by atoms with van der Waals surface area (Å²) in [6, 6.07) is 19.3. The third-order valence-corrected chi connectivity index (χ3v) is 5.81. The average Bonchev–Trinajstić information content (AvgIpc) is 2.78. The van der Waals surface area contributed by atoms with Gasteiger partial charge in [-0.15, -0.1) is 0 Å². The SMILES string of the molecule is CC(C)C(N)CC[C@H](N)CNCc1cc(-c2ccc(F)cc2)cc(-c2ccc(F)cc2)c1. The number of halogens is 2. The maximum atomic E-state index is 13.4. The van der Waals surface area contributed by atoms with E-state index in [0.29, 0.717) is 19.0 Å². The van der Waals surface area contributed by atoms with E-state index in [9.17, 15) is 8.78 Å². The van der Waals surface area contributed by atoms with Gasteiger partial charge in [0.15, 0.2) is 0 Å². The first-order valence-electron chi connectivity index (χ1n) is 11.2. The number of benzene rings is 3. The Bertz CT molecular complexity index is 921. The van der Waals surface area contributed by atoms with E-state index in [1.807, 2.05) is 6.07 Å². The summed E-state index contributed by atoms with van der Waals surface area (Å²) >= 11 is 0. The lowest BCUT2D eigenvalue weighted by atomic mass is 9.96. The quantitative estimate of drug-likeness (QED) is 0.394. The highest BCUT2D eigenvalue weighted by Crippen LogP contribution is 2.29. The maximum Gasteiger partial charge on any atom is 0.123 e. The molecule has 32 heavy (non-hydrogen) atoms. The molecule has 3 rings (SSSR count). The molecule has 170 valence electrons. The lowest BCUT2D eigenvalue weighted by molar-refractivity contribution is 0.421. The number of rotatable bonds is 10. The van der Waals surface area contributed by atoms with Crippen molar-refractivity contribution in [2.75, 3.05) is 6.54 Å². The summed E-state index contributed by atoms with van der Waals surface area (Å²) in [6.07, 6.45) is 1.79. The van der Waals surface area contributed by atoms with Crippen molar-refractivity contribution in [3.05, 3.63) is 83.9 Å². The zero-order valence-electron chi connectivity index (χ0n) is 18.8. The van der Waals surface area contributed by atoms with Gasteiger partial charge in [0.1, 0.15) is 11.6 Å². The molecule has 2 atom stereocenters. The van der Waals surface area contributed by atoms with Crippen LogP contribution in [0.5, 0.6) is 0 Å². The van der Waals surface area contributed by atoms with Crippen LogP contribution in [-0.2, 0) is 6.54 Å². The highest BCUT2D eigenvalue weighted by atomic mass is 19.1. The lowest BCUT2D eigenvalue weighted by Gasteiger charge is -2.19. The highest BCUT2D eigenvalue weighted by Gasteiger charge is 2.11. The van der Waals surface area contributed by atoms with E-state index in [1.165, 1.54) is 24.3 Å². The van der Waals surface area contributed by atoms with Crippen LogP contribution in [0.1, 0.15) is 32.3 Å². The Balaban J connectivity index is 1.74. The molecule has 0 amide bonds. The molecule has 3 nitrogen and oxygen atoms in total. The number of nitrogens with two attached hydrogens (primary N) is 2. The van der Waals surface area contributed by atoms with Gasteiger partial charge in [-0.1, -0.05) is 38.1 Å². The van der Waals surface area contributed by atoms with Crippen molar-refractivity contribution in [2.24, 2.45) is 17.4 Å². The summed E-state index contributed by atoms with van der Waals surface area (Å²) in [5, 5.41) is 3.44. The van der Waals surface area contributed by atoms with E-state index < -0.39 is 0 Å². The van der Waals surface area contributed by atoms with Crippen molar-refractivity contribution < 1.29 is 8.78 Å². The van der Waals surface area contributed by atoms with E-state index in [1.54, 1.807) is 24.3 Å². The zero-order chi connectivity index (χ0) is 23.1. The minimum atomic E-state index is -0.267. The van der Waals surface area contributed by atoms with Crippen LogP contribution in [0, 0.1) is 17.6 Å². The molecule has 0 aliphatic heterocycles. The number of nitrogens with one attached hydrogen (secondary N) is 1. The minimum Gasteiger partial charge on any atom is -0.327 e. The van der Waals surface area contributed by atoms with Crippen molar-refractivity contribution in [3.63, 3.8) is 0 Å². The third kappa shape index (κ3) is 6.95. The Morgan fingerprint density at radius 3 is 1.69 bits per heavy atom. The molecule has 5 N–H and O–H groups in total. The highest BCUT2D eigenvalue weighted by molar-refractivity contribution is 5.74. The standard InChI is InChI=1S/C27H33F2N3/c1-18(2)27(31)12-11-26(30)17-32-16-19-13-22(20-3-7-24(28)8-4-20)15-23(14-19)21-5-9-25(29)10-6-21/h3-10,13-15,18,26-27,32H,11-12,16-17,30-31H2,1-2H3/t26-,27?/m0/s1. The molecular weight excluding hydrogens is 404 g/mol. The molecule has 0 aliphatic carbocycles. The van der Waals surface area contributed by atoms with E-state index in [0.717, 1.165) is 40.7 Å². The summed E-state index contributed by atoms with van der Waals surface area (Å²) in [4.78, 5) is 0. The van der Waals surface area contributed by atoms with Gasteiger partial charge in [-0.3, -0.25) is 0 Å². The van der Waals surface area contributed by atoms with Crippen LogP contribution in [0.25, 0.3) is 22.3 Å². The van der Waals surface area contributed by atoms with Gasteiger partial charge in [-0.05, 0) is 89.0 Å². The lowest BCUT2D eigenvalue weighted by Crippen LogP contribution is -2.36. The van der Waals surface area contributed by atoms with Gasteiger partial charge < -0.3 is 16.8 Å². The summed E-state index contributed by atoms with van der Waals surface area (Å²) in [7, 11) is 0. The van der Waals surface area contributed by atoms with Crippen molar-refractivity contribution >= 4 is 0 Å². The normalized spacial score (nSPS) is 13.3. The number of hydrogen-bond acceptors (Lipinski definition) is 3. The Hall–Kier alpha value is -2.60. The Labute approximate surface area is 189 Å².